The highest BCUT2D eigenvalue weighted by Crippen LogP contribution is 3.29. The topological polar surface area (TPSA) is 52.6 Å². The van der Waals surface area contributed by atoms with E-state index in [-0.39, 0.29) is 32.6 Å². The summed E-state index contributed by atoms with van der Waals surface area (Å²) in [6, 6.07) is 0. The lowest BCUT2D eigenvalue weighted by molar-refractivity contribution is -0.140. The molecule has 4 aliphatic rings. The van der Waals surface area contributed by atoms with Crippen LogP contribution < -0.4 is 0 Å². The van der Waals surface area contributed by atoms with E-state index in [1.54, 1.807) is 0 Å². The van der Waals surface area contributed by atoms with Gasteiger partial charge in [-0.15, -0.1) is 0 Å². The van der Waals surface area contributed by atoms with Crippen molar-refractivity contribution in [1.29, 1.82) is 0 Å². The maximum absolute atomic E-state index is 12.7. The predicted molar refractivity (Wildman–Crippen MR) is 98.5 cm³/mol. The number of hydrogen-bond acceptors (Lipinski definition) is 4. The minimum Gasteiger partial charge on any atom is -0.462 e. The Kier molecular flexibility index (Phi) is 3.85. The quantitative estimate of drug-likeness (QED) is 0.526. The van der Waals surface area contributed by atoms with Crippen LogP contribution in [0.1, 0.15) is 55.4 Å². The van der Waals surface area contributed by atoms with Gasteiger partial charge in [-0.3, -0.25) is 0 Å². The van der Waals surface area contributed by atoms with Crippen LogP contribution in [0.5, 0.6) is 0 Å². The van der Waals surface area contributed by atoms with Crippen molar-refractivity contribution in [2.24, 2.45) is 10.8 Å². The second kappa shape index (κ2) is 5.04. The molecule has 24 heavy (non-hydrogen) atoms. The fourth-order valence-electron chi connectivity index (χ4n) is 4.85. The van der Waals surface area contributed by atoms with Gasteiger partial charge in [0.2, 0.25) is 0 Å². The number of ether oxygens (including phenoxy) is 2. The zero-order chi connectivity index (χ0) is 18.3. The number of esters is 2. The number of rotatable bonds is 4. The van der Waals surface area contributed by atoms with Gasteiger partial charge in [0.15, 0.2) is 0 Å². The molecular formula is C18H28O4P2. The molecule has 0 saturated carbocycles. The maximum Gasteiger partial charge on any atom is 0.339 e. The Bertz CT molecular complexity index is 587. The average Bonchev–Trinajstić information content (AvgIpc) is 3.15. The van der Waals surface area contributed by atoms with Gasteiger partial charge in [-0.2, -0.15) is 0 Å². The fourth-order valence-corrected chi connectivity index (χ4v) is 18.0. The van der Waals surface area contributed by atoms with Gasteiger partial charge in [-0.1, -0.05) is 41.5 Å². The Labute approximate surface area is 147 Å². The first-order chi connectivity index (χ1) is 11.0. The summed E-state index contributed by atoms with van der Waals surface area (Å²) in [6.07, 6.45) is 0. The fraction of sp³-hybridized carbons (Fsp3) is 0.778. The molecule has 2 fully saturated rings. The molecule has 4 nitrogen and oxygen atoms in total. The monoisotopic (exact) mass is 370 g/mol. The zero-order valence-electron chi connectivity index (χ0n) is 15.9. The van der Waals surface area contributed by atoms with Crippen LogP contribution in [0, 0.1) is 10.8 Å². The second-order valence-electron chi connectivity index (χ2n) is 8.65. The molecule has 0 aromatic carbocycles. The Morgan fingerprint density at radius 1 is 0.792 bits per heavy atom. The Morgan fingerprint density at radius 2 is 1.08 bits per heavy atom. The second-order valence-corrected chi connectivity index (χ2v) is 14.3. The molecule has 0 amide bonds. The molecule has 0 aromatic rings. The predicted octanol–water partition coefficient (Wildman–Crippen LogP) is 4.81. The van der Waals surface area contributed by atoms with Gasteiger partial charge in [0.05, 0.1) is 23.8 Å². The summed E-state index contributed by atoms with van der Waals surface area (Å²) in [5.74, 6) is -0.567. The first-order valence-corrected chi connectivity index (χ1v) is 11.3. The molecule has 0 atom stereocenters. The van der Waals surface area contributed by atoms with Crippen molar-refractivity contribution in [3.05, 3.63) is 10.6 Å². The highest BCUT2D eigenvalue weighted by molar-refractivity contribution is 8.15. The largest absolute Gasteiger partial charge is 0.462 e. The first kappa shape index (κ1) is 18.3. The van der Waals surface area contributed by atoms with Crippen LogP contribution in [-0.4, -0.2) is 34.9 Å². The Hall–Kier alpha value is -0.460. The normalized spacial score (nSPS) is 36.3. The Morgan fingerprint density at radius 3 is 1.29 bits per heavy atom. The highest BCUT2D eigenvalue weighted by Gasteiger charge is 3.08. The molecule has 4 heterocycles. The van der Waals surface area contributed by atoms with Crippen LogP contribution >= 0.6 is 15.8 Å². The number of carbonyl (C=O) groups excluding carboxylic acids is 2. The van der Waals surface area contributed by atoms with E-state index in [2.05, 4.69) is 41.5 Å². The third kappa shape index (κ3) is 1.73. The molecule has 134 valence electrons. The number of hydrogen-bond donors (Lipinski definition) is 0. The van der Waals surface area contributed by atoms with Crippen molar-refractivity contribution in [3.8, 4) is 0 Å². The smallest absolute Gasteiger partial charge is 0.339 e. The van der Waals surface area contributed by atoms with Crippen molar-refractivity contribution in [2.45, 2.75) is 65.2 Å². The van der Waals surface area contributed by atoms with Crippen LogP contribution in [0.4, 0.5) is 0 Å². The van der Waals surface area contributed by atoms with Crippen molar-refractivity contribution in [2.75, 3.05) is 13.2 Å². The summed E-state index contributed by atoms with van der Waals surface area (Å²) in [6.45, 7) is 17.9. The van der Waals surface area contributed by atoms with Crippen LogP contribution in [0.2, 0.25) is 0 Å². The van der Waals surface area contributed by atoms with Crippen molar-refractivity contribution in [1.82, 2.24) is 0 Å². The van der Waals surface area contributed by atoms with Gasteiger partial charge in [-0.25, -0.2) is 9.59 Å². The van der Waals surface area contributed by atoms with Crippen molar-refractivity contribution < 1.29 is 19.1 Å². The summed E-state index contributed by atoms with van der Waals surface area (Å²) < 4.78 is 10.7. The van der Waals surface area contributed by atoms with E-state index in [0.717, 1.165) is 0 Å². The lowest BCUT2D eigenvalue weighted by atomic mass is 9.81. The maximum atomic E-state index is 12.7. The van der Waals surface area contributed by atoms with E-state index < -0.39 is 15.8 Å². The third-order valence-electron chi connectivity index (χ3n) is 5.38. The lowest BCUT2D eigenvalue weighted by Gasteiger charge is -2.27. The van der Waals surface area contributed by atoms with E-state index in [1.807, 2.05) is 13.8 Å². The van der Waals surface area contributed by atoms with Gasteiger partial charge >= 0.3 is 11.9 Å². The molecule has 0 N–H and O–H groups in total. The van der Waals surface area contributed by atoms with Gasteiger partial charge in [0.1, 0.15) is 0 Å². The van der Waals surface area contributed by atoms with E-state index in [4.69, 9.17) is 9.47 Å². The number of carbonyl (C=O) groups is 2. The van der Waals surface area contributed by atoms with E-state index in [1.165, 1.54) is 0 Å². The molecule has 0 radical (unpaired) electrons. The lowest BCUT2D eigenvalue weighted by Crippen LogP contribution is -2.23. The first-order valence-electron chi connectivity index (χ1n) is 8.65. The molecular weight excluding hydrogens is 342 g/mol. The summed E-state index contributed by atoms with van der Waals surface area (Å²) in [5, 5.41) is 1.39. The molecule has 0 aromatic heterocycles. The van der Waals surface area contributed by atoms with Crippen molar-refractivity contribution in [3.63, 3.8) is 0 Å². The van der Waals surface area contributed by atoms with Gasteiger partial charge < -0.3 is 9.47 Å². The Balaban J connectivity index is 2.11. The molecule has 4 aliphatic heterocycles. The van der Waals surface area contributed by atoms with Crippen molar-refractivity contribution >= 4 is 27.8 Å². The molecule has 4 rings (SSSR count). The molecule has 0 aliphatic carbocycles. The average molecular weight is 370 g/mol. The standard InChI is InChI=1S/C18H28O4P2/c1-9-21-13(19)11-12(14(20)22-10-2)24-17(15(3,4)5)18(24,23(11)17)16(6,7)8/h9-10H2,1-8H3. The van der Waals surface area contributed by atoms with Crippen LogP contribution in [0.3, 0.4) is 0 Å². The summed E-state index contributed by atoms with van der Waals surface area (Å²) in [7, 11) is -1.29. The summed E-state index contributed by atoms with van der Waals surface area (Å²) >= 11 is 0. The van der Waals surface area contributed by atoms with Gasteiger partial charge in [0.25, 0.3) is 0 Å². The van der Waals surface area contributed by atoms with Crippen LogP contribution in [-0.2, 0) is 19.1 Å². The molecule has 6 heteroatoms. The minimum absolute atomic E-state index is 0.0731. The molecule has 0 spiro atoms. The van der Waals surface area contributed by atoms with Gasteiger partial charge in [-0.05, 0) is 40.5 Å². The molecule has 2 bridgehead atoms. The van der Waals surface area contributed by atoms with Crippen LogP contribution in [0.15, 0.2) is 10.6 Å². The van der Waals surface area contributed by atoms with Crippen LogP contribution in [0.25, 0.3) is 0 Å². The molecule has 0 unspecified atom stereocenters. The molecule has 2 saturated heterocycles. The van der Waals surface area contributed by atoms with E-state index in [9.17, 15) is 9.59 Å². The SMILES string of the molecule is CCOC(=O)C1=C(C(=O)OCC)P2C3(C(C)(C)C)P1C23C(C)(C)C. The van der Waals surface area contributed by atoms with E-state index in [0.29, 0.717) is 23.8 Å². The minimum atomic E-state index is -0.647. The highest BCUT2D eigenvalue weighted by atomic mass is 31.2. The summed E-state index contributed by atoms with van der Waals surface area (Å²) in [4.78, 5) is 25.6. The summed E-state index contributed by atoms with van der Waals surface area (Å²) in [5.41, 5.74) is 0.146. The zero-order valence-corrected chi connectivity index (χ0v) is 17.7. The van der Waals surface area contributed by atoms with E-state index >= 15 is 0 Å². The van der Waals surface area contributed by atoms with Gasteiger partial charge in [0, 0.05) is 9.79 Å². The third-order valence-corrected chi connectivity index (χ3v) is 16.2.